The Balaban J connectivity index is 1.77. The standard InChI is InChI=1S/C12H16N4O/c1-2-10-5-15-12(17-10)7-16-8-14-6-11(16)9-3-13-4-9/h5-6,8-9,13H,2-4,7H2,1H3. The molecule has 0 atom stereocenters. The Kier molecular flexibility index (Phi) is 2.68. The minimum Gasteiger partial charge on any atom is -0.444 e. The molecule has 1 aliphatic heterocycles. The van der Waals surface area contributed by atoms with E-state index in [0.29, 0.717) is 12.5 Å². The lowest BCUT2D eigenvalue weighted by molar-refractivity contribution is 0.409. The molecule has 0 radical (unpaired) electrons. The van der Waals surface area contributed by atoms with Crippen LogP contribution in [0.5, 0.6) is 0 Å². The Morgan fingerprint density at radius 1 is 1.47 bits per heavy atom. The molecule has 5 nitrogen and oxygen atoms in total. The Bertz CT molecular complexity index is 498. The summed E-state index contributed by atoms with van der Waals surface area (Å²) in [7, 11) is 0. The highest BCUT2D eigenvalue weighted by molar-refractivity contribution is 5.12. The van der Waals surface area contributed by atoms with Crippen LogP contribution in [0.4, 0.5) is 0 Å². The van der Waals surface area contributed by atoms with E-state index in [4.69, 9.17) is 4.42 Å². The van der Waals surface area contributed by atoms with E-state index in [2.05, 4.69) is 26.8 Å². The molecule has 0 aliphatic carbocycles. The van der Waals surface area contributed by atoms with Crippen LogP contribution in [-0.4, -0.2) is 27.6 Å². The number of nitrogens with one attached hydrogen (secondary N) is 1. The number of aromatic nitrogens is 3. The summed E-state index contributed by atoms with van der Waals surface area (Å²) < 4.78 is 7.74. The van der Waals surface area contributed by atoms with Crippen molar-refractivity contribution >= 4 is 0 Å². The van der Waals surface area contributed by atoms with Gasteiger partial charge in [0.25, 0.3) is 0 Å². The third-order valence-electron chi connectivity index (χ3n) is 3.20. The second-order valence-corrected chi connectivity index (χ2v) is 4.38. The minimum absolute atomic E-state index is 0.582. The summed E-state index contributed by atoms with van der Waals surface area (Å²) in [6, 6.07) is 0. The third-order valence-corrected chi connectivity index (χ3v) is 3.20. The predicted molar refractivity (Wildman–Crippen MR) is 62.8 cm³/mol. The summed E-state index contributed by atoms with van der Waals surface area (Å²) in [5, 5.41) is 3.27. The molecule has 0 spiro atoms. The Morgan fingerprint density at radius 2 is 2.35 bits per heavy atom. The van der Waals surface area contributed by atoms with Gasteiger partial charge < -0.3 is 14.3 Å². The molecule has 0 bridgehead atoms. The topological polar surface area (TPSA) is 55.9 Å². The molecule has 0 aromatic carbocycles. The molecule has 17 heavy (non-hydrogen) atoms. The first kappa shape index (κ1) is 10.5. The summed E-state index contributed by atoms with van der Waals surface area (Å²) in [6.07, 6.45) is 6.48. The number of oxazole rings is 1. The number of aryl methyl sites for hydroxylation is 1. The van der Waals surface area contributed by atoms with Gasteiger partial charge in [-0.2, -0.15) is 0 Å². The van der Waals surface area contributed by atoms with E-state index >= 15 is 0 Å². The summed E-state index contributed by atoms with van der Waals surface area (Å²) in [4.78, 5) is 8.49. The van der Waals surface area contributed by atoms with Crippen LogP contribution in [-0.2, 0) is 13.0 Å². The summed E-state index contributed by atoms with van der Waals surface area (Å²) in [5.74, 6) is 2.28. The average molecular weight is 232 g/mol. The molecular formula is C12H16N4O. The number of hydrogen-bond acceptors (Lipinski definition) is 4. The molecule has 3 heterocycles. The largest absolute Gasteiger partial charge is 0.444 e. The zero-order valence-corrected chi connectivity index (χ0v) is 9.89. The van der Waals surface area contributed by atoms with Gasteiger partial charge in [0, 0.05) is 37.3 Å². The van der Waals surface area contributed by atoms with E-state index in [0.717, 1.165) is 31.2 Å². The van der Waals surface area contributed by atoms with Crippen molar-refractivity contribution in [2.75, 3.05) is 13.1 Å². The van der Waals surface area contributed by atoms with Gasteiger partial charge in [0.15, 0.2) is 0 Å². The normalized spacial score (nSPS) is 16.1. The Labute approximate surface area is 99.9 Å². The van der Waals surface area contributed by atoms with Crippen molar-refractivity contribution in [2.45, 2.75) is 25.8 Å². The van der Waals surface area contributed by atoms with Gasteiger partial charge in [-0.15, -0.1) is 0 Å². The molecule has 1 fully saturated rings. The summed E-state index contributed by atoms with van der Waals surface area (Å²) >= 11 is 0. The van der Waals surface area contributed by atoms with Gasteiger partial charge in [-0.3, -0.25) is 0 Å². The lowest BCUT2D eigenvalue weighted by atomic mass is 10.00. The van der Waals surface area contributed by atoms with Crippen molar-refractivity contribution in [1.82, 2.24) is 19.9 Å². The number of rotatable bonds is 4. The smallest absolute Gasteiger partial charge is 0.214 e. The van der Waals surface area contributed by atoms with Crippen LogP contribution in [0.15, 0.2) is 23.1 Å². The molecule has 0 saturated carbocycles. The van der Waals surface area contributed by atoms with Crippen LogP contribution in [0.25, 0.3) is 0 Å². The second kappa shape index (κ2) is 4.33. The SMILES string of the molecule is CCc1cnc(Cn2cncc2C2CNC2)o1. The average Bonchev–Trinajstić information content (AvgIpc) is 2.87. The highest BCUT2D eigenvalue weighted by atomic mass is 16.4. The minimum atomic E-state index is 0.582. The molecule has 1 aliphatic rings. The summed E-state index contributed by atoms with van der Waals surface area (Å²) in [6.45, 7) is 4.81. The first-order valence-electron chi connectivity index (χ1n) is 6.01. The van der Waals surface area contributed by atoms with Crippen molar-refractivity contribution in [3.05, 3.63) is 36.1 Å². The highest BCUT2D eigenvalue weighted by Crippen LogP contribution is 2.20. The molecule has 1 saturated heterocycles. The maximum atomic E-state index is 5.62. The first-order valence-corrected chi connectivity index (χ1v) is 6.01. The fourth-order valence-corrected chi connectivity index (χ4v) is 2.03. The molecule has 0 amide bonds. The second-order valence-electron chi connectivity index (χ2n) is 4.38. The van der Waals surface area contributed by atoms with Crippen molar-refractivity contribution in [3.63, 3.8) is 0 Å². The Hall–Kier alpha value is -1.62. The van der Waals surface area contributed by atoms with Gasteiger partial charge in [-0.25, -0.2) is 9.97 Å². The maximum absolute atomic E-state index is 5.62. The van der Waals surface area contributed by atoms with Crippen LogP contribution in [0, 0.1) is 0 Å². The zero-order chi connectivity index (χ0) is 11.7. The summed E-state index contributed by atoms with van der Waals surface area (Å²) in [5.41, 5.74) is 1.26. The monoisotopic (exact) mass is 232 g/mol. The van der Waals surface area contributed by atoms with Gasteiger partial charge in [-0.05, 0) is 0 Å². The van der Waals surface area contributed by atoms with Crippen molar-refractivity contribution < 1.29 is 4.42 Å². The van der Waals surface area contributed by atoms with Gasteiger partial charge in [0.1, 0.15) is 12.3 Å². The molecule has 1 N–H and O–H groups in total. The number of hydrogen-bond donors (Lipinski definition) is 1. The fourth-order valence-electron chi connectivity index (χ4n) is 2.03. The van der Waals surface area contributed by atoms with E-state index in [1.54, 1.807) is 6.20 Å². The highest BCUT2D eigenvalue weighted by Gasteiger charge is 2.22. The third kappa shape index (κ3) is 1.98. The van der Waals surface area contributed by atoms with Crippen molar-refractivity contribution in [2.24, 2.45) is 0 Å². The van der Waals surface area contributed by atoms with Gasteiger partial charge in [0.05, 0.1) is 12.5 Å². The van der Waals surface area contributed by atoms with E-state index in [-0.39, 0.29) is 0 Å². The van der Waals surface area contributed by atoms with Crippen molar-refractivity contribution in [3.8, 4) is 0 Å². The molecule has 2 aromatic heterocycles. The zero-order valence-electron chi connectivity index (χ0n) is 9.89. The molecule has 90 valence electrons. The molecule has 0 unspecified atom stereocenters. The first-order chi connectivity index (χ1) is 8.36. The lowest BCUT2D eigenvalue weighted by Gasteiger charge is -2.27. The molecule has 3 rings (SSSR count). The Morgan fingerprint density at radius 3 is 3.00 bits per heavy atom. The van der Waals surface area contributed by atoms with Gasteiger partial charge >= 0.3 is 0 Å². The van der Waals surface area contributed by atoms with E-state index < -0.39 is 0 Å². The maximum Gasteiger partial charge on any atom is 0.214 e. The fraction of sp³-hybridized carbons (Fsp3) is 0.500. The van der Waals surface area contributed by atoms with Crippen LogP contribution in [0.2, 0.25) is 0 Å². The van der Waals surface area contributed by atoms with E-state index in [1.807, 2.05) is 12.5 Å². The van der Waals surface area contributed by atoms with Crippen LogP contribution in [0.1, 0.15) is 30.2 Å². The van der Waals surface area contributed by atoms with Gasteiger partial charge in [0.2, 0.25) is 5.89 Å². The molecule has 5 heteroatoms. The van der Waals surface area contributed by atoms with E-state index in [9.17, 15) is 0 Å². The quantitative estimate of drug-likeness (QED) is 0.859. The van der Waals surface area contributed by atoms with Crippen LogP contribution >= 0.6 is 0 Å². The van der Waals surface area contributed by atoms with Crippen molar-refractivity contribution in [1.29, 1.82) is 0 Å². The number of nitrogens with zero attached hydrogens (tertiary/aromatic N) is 3. The van der Waals surface area contributed by atoms with E-state index in [1.165, 1.54) is 5.69 Å². The predicted octanol–water partition coefficient (Wildman–Crippen LogP) is 1.17. The number of imidazole rings is 1. The molecule has 2 aromatic rings. The lowest BCUT2D eigenvalue weighted by Crippen LogP contribution is -2.40. The van der Waals surface area contributed by atoms with Crippen LogP contribution in [0.3, 0.4) is 0 Å². The van der Waals surface area contributed by atoms with Crippen LogP contribution < -0.4 is 5.32 Å². The van der Waals surface area contributed by atoms with Gasteiger partial charge in [-0.1, -0.05) is 6.92 Å². The molecular weight excluding hydrogens is 216 g/mol.